The molecule has 0 bridgehead atoms. The third-order valence-corrected chi connectivity index (χ3v) is 3.22. The van der Waals surface area contributed by atoms with Crippen molar-refractivity contribution in [2.24, 2.45) is 0 Å². The molecule has 0 aliphatic heterocycles. The minimum Gasteiger partial charge on any atom is -0.487 e. The van der Waals surface area contributed by atoms with Gasteiger partial charge in [-0.2, -0.15) is 0 Å². The van der Waals surface area contributed by atoms with Gasteiger partial charge in [0, 0.05) is 10.6 Å². The highest BCUT2D eigenvalue weighted by Crippen LogP contribution is 2.25. The predicted octanol–water partition coefficient (Wildman–Crippen LogP) is 4.91. The van der Waals surface area contributed by atoms with Crippen molar-refractivity contribution in [3.63, 3.8) is 0 Å². The van der Waals surface area contributed by atoms with Crippen LogP contribution in [-0.2, 0) is 11.3 Å². The summed E-state index contributed by atoms with van der Waals surface area (Å²) in [7, 11) is 0. The maximum absolute atomic E-state index is 13.8. The molecule has 2 N–H and O–H groups in total. The third kappa shape index (κ3) is 6.15. The molecule has 1 amide bonds. The molecule has 25 heavy (non-hydrogen) atoms. The van der Waals surface area contributed by atoms with Crippen LogP contribution in [0.15, 0.2) is 42.5 Å². The van der Waals surface area contributed by atoms with Gasteiger partial charge in [0.15, 0.2) is 0 Å². The molecule has 2 aromatic carbocycles. The SMILES string of the molecule is CC(C)(C)OC(=O)NNc1ccccc1OCc1ccc(Cl)cc1F. The van der Waals surface area contributed by atoms with E-state index in [4.69, 9.17) is 21.1 Å². The molecule has 0 saturated carbocycles. The topological polar surface area (TPSA) is 59.6 Å². The molecule has 0 aliphatic rings. The molecule has 2 rings (SSSR count). The van der Waals surface area contributed by atoms with E-state index < -0.39 is 17.5 Å². The van der Waals surface area contributed by atoms with Crippen molar-refractivity contribution >= 4 is 23.4 Å². The number of hydrazine groups is 1. The van der Waals surface area contributed by atoms with Crippen molar-refractivity contribution in [3.8, 4) is 5.75 Å². The molecule has 5 nitrogen and oxygen atoms in total. The maximum atomic E-state index is 13.8. The lowest BCUT2D eigenvalue weighted by atomic mass is 10.2. The maximum Gasteiger partial charge on any atom is 0.426 e. The number of hydrogen-bond donors (Lipinski definition) is 2. The van der Waals surface area contributed by atoms with Crippen molar-refractivity contribution in [3.05, 3.63) is 58.9 Å². The van der Waals surface area contributed by atoms with E-state index in [9.17, 15) is 9.18 Å². The molecule has 0 aromatic heterocycles. The van der Waals surface area contributed by atoms with Crippen LogP contribution in [-0.4, -0.2) is 11.7 Å². The molecule has 0 radical (unpaired) electrons. The average Bonchev–Trinajstić information content (AvgIpc) is 2.51. The highest BCUT2D eigenvalue weighted by Gasteiger charge is 2.16. The zero-order valence-corrected chi connectivity index (χ0v) is 15.0. The van der Waals surface area contributed by atoms with Crippen molar-refractivity contribution in [2.45, 2.75) is 33.0 Å². The van der Waals surface area contributed by atoms with E-state index >= 15 is 0 Å². The molecule has 134 valence electrons. The van der Waals surface area contributed by atoms with Gasteiger partial charge in [-0.3, -0.25) is 5.43 Å². The number of nitrogens with one attached hydrogen (secondary N) is 2. The Hall–Kier alpha value is -2.47. The molecule has 0 unspecified atom stereocenters. The van der Waals surface area contributed by atoms with Gasteiger partial charge in [0.05, 0.1) is 5.69 Å². The normalized spacial score (nSPS) is 10.9. The Bertz CT molecular complexity index is 747. The summed E-state index contributed by atoms with van der Waals surface area (Å²) < 4.78 is 24.6. The number of hydrogen-bond acceptors (Lipinski definition) is 4. The van der Waals surface area contributed by atoms with Crippen LogP contribution in [0, 0.1) is 5.82 Å². The van der Waals surface area contributed by atoms with Crippen LogP contribution in [0.5, 0.6) is 5.75 Å². The van der Waals surface area contributed by atoms with Crippen LogP contribution in [0.25, 0.3) is 0 Å². The quantitative estimate of drug-likeness (QED) is 0.738. The fraction of sp³-hybridized carbons (Fsp3) is 0.278. The van der Waals surface area contributed by atoms with Crippen LogP contribution in [0.1, 0.15) is 26.3 Å². The molecular weight excluding hydrogens is 347 g/mol. The van der Waals surface area contributed by atoms with Crippen molar-refractivity contribution in [1.29, 1.82) is 0 Å². The Morgan fingerprint density at radius 3 is 2.60 bits per heavy atom. The summed E-state index contributed by atoms with van der Waals surface area (Å²) in [4.78, 5) is 11.7. The molecule has 0 saturated heterocycles. The number of carbonyl (C=O) groups excluding carboxylic acids is 1. The van der Waals surface area contributed by atoms with Gasteiger partial charge < -0.3 is 9.47 Å². The number of anilines is 1. The number of halogens is 2. The summed E-state index contributed by atoms with van der Waals surface area (Å²) in [6, 6.07) is 11.3. The number of para-hydroxylation sites is 2. The van der Waals surface area contributed by atoms with E-state index in [0.29, 0.717) is 22.0 Å². The lowest BCUT2D eigenvalue weighted by Crippen LogP contribution is -2.35. The molecule has 2 aromatic rings. The Balaban J connectivity index is 1.99. The first-order chi connectivity index (χ1) is 11.7. The summed E-state index contributed by atoms with van der Waals surface area (Å²) in [5.41, 5.74) is 5.45. The van der Waals surface area contributed by atoms with E-state index in [1.807, 2.05) is 0 Å². The van der Waals surface area contributed by atoms with E-state index in [0.717, 1.165) is 0 Å². The smallest absolute Gasteiger partial charge is 0.426 e. The van der Waals surface area contributed by atoms with Gasteiger partial charge in [-0.25, -0.2) is 14.6 Å². The average molecular weight is 367 g/mol. The number of benzene rings is 2. The van der Waals surface area contributed by atoms with Gasteiger partial charge in [-0.15, -0.1) is 0 Å². The second-order valence-corrected chi connectivity index (χ2v) is 6.71. The van der Waals surface area contributed by atoms with Gasteiger partial charge in [0.1, 0.15) is 23.8 Å². The van der Waals surface area contributed by atoms with Gasteiger partial charge in [0.25, 0.3) is 0 Å². The molecule has 0 fully saturated rings. The summed E-state index contributed by atoms with van der Waals surface area (Å²) >= 11 is 5.73. The molecule has 7 heteroatoms. The minimum atomic E-state index is -0.619. The molecule has 0 atom stereocenters. The van der Waals surface area contributed by atoms with Crippen LogP contribution in [0.4, 0.5) is 14.9 Å². The van der Waals surface area contributed by atoms with Gasteiger partial charge >= 0.3 is 6.09 Å². The van der Waals surface area contributed by atoms with E-state index in [1.54, 1.807) is 57.2 Å². The van der Waals surface area contributed by atoms with E-state index in [1.165, 1.54) is 6.07 Å². The first kappa shape index (κ1) is 18.9. The Kier molecular flexibility index (Phi) is 6.09. The standard InChI is InChI=1S/C18H20ClFN2O3/c1-18(2,3)25-17(23)22-21-15-6-4-5-7-16(15)24-11-12-8-9-13(19)10-14(12)20/h4-10,21H,11H2,1-3H3,(H,22,23). The van der Waals surface area contributed by atoms with E-state index in [-0.39, 0.29) is 6.61 Å². The van der Waals surface area contributed by atoms with Gasteiger partial charge in [0.2, 0.25) is 0 Å². The first-order valence-electron chi connectivity index (χ1n) is 7.65. The zero-order valence-electron chi connectivity index (χ0n) is 14.2. The highest BCUT2D eigenvalue weighted by molar-refractivity contribution is 6.30. The number of amides is 1. The molecular formula is C18H20ClFN2O3. The lowest BCUT2D eigenvalue weighted by molar-refractivity contribution is 0.0541. The first-order valence-corrected chi connectivity index (χ1v) is 8.03. The van der Waals surface area contributed by atoms with Crippen LogP contribution < -0.4 is 15.6 Å². The minimum absolute atomic E-state index is 0.0220. The van der Waals surface area contributed by atoms with Crippen LogP contribution in [0.3, 0.4) is 0 Å². The Morgan fingerprint density at radius 1 is 1.20 bits per heavy atom. The highest BCUT2D eigenvalue weighted by atomic mass is 35.5. The zero-order chi connectivity index (χ0) is 18.4. The summed E-state index contributed by atoms with van der Waals surface area (Å²) in [6.07, 6.45) is -0.619. The van der Waals surface area contributed by atoms with Crippen LogP contribution >= 0.6 is 11.6 Å². The van der Waals surface area contributed by atoms with Crippen molar-refractivity contribution < 1.29 is 18.7 Å². The molecule has 0 heterocycles. The fourth-order valence-corrected chi connectivity index (χ4v) is 2.07. The molecule has 0 spiro atoms. The van der Waals surface area contributed by atoms with E-state index in [2.05, 4.69) is 10.9 Å². The fourth-order valence-electron chi connectivity index (χ4n) is 1.91. The van der Waals surface area contributed by atoms with Crippen molar-refractivity contribution in [1.82, 2.24) is 5.43 Å². The van der Waals surface area contributed by atoms with Crippen molar-refractivity contribution in [2.75, 3.05) is 5.43 Å². The Labute approximate surface area is 151 Å². The Morgan fingerprint density at radius 2 is 1.92 bits per heavy atom. The van der Waals surface area contributed by atoms with Gasteiger partial charge in [-0.1, -0.05) is 29.8 Å². The summed E-state index contributed by atoms with van der Waals surface area (Å²) in [6.45, 7) is 5.33. The van der Waals surface area contributed by atoms with Crippen LogP contribution in [0.2, 0.25) is 5.02 Å². The summed E-state index contributed by atoms with van der Waals surface area (Å²) in [5.74, 6) is 0.0118. The number of ether oxygens (including phenoxy) is 2. The second kappa shape index (κ2) is 8.07. The monoisotopic (exact) mass is 366 g/mol. The second-order valence-electron chi connectivity index (χ2n) is 6.27. The van der Waals surface area contributed by atoms with Gasteiger partial charge in [-0.05, 0) is 45.0 Å². The number of rotatable bonds is 5. The largest absolute Gasteiger partial charge is 0.487 e. The third-order valence-electron chi connectivity index (χ3n) is 2.98. The number of carbonyl (C=O) groups is 1. The lowest BCUT2D eigenvalue weighted by Gasteiger charge is -2.20. The predicted molar refractivity (Wildman–Crippen MR) is 95.2 cm³/mol. The summed E-state index contributed by atoms with van der Waals surface area (Å²) in [5, 5.41) is 0.324. The molecule has 0 aliphatic carbocycles.